The lowest BCUT2D eigenvalue weighted by Crippen LogP contribution is -2.26. The Kier molecular flexibility index (Phi) is 4.48. The van der Waals surface area contributed by atoms with E-state index in [1.165, 1.54) is 5.56 Å². The second kappa shape index (κ2) is 7.07. The number of aromatic nitrogens is 3. The van der Waals surface area contributed by atoms with Crippen molar-refractivity contribution in [2.24, 2.45) is 0 Å². The van der Waals surface area contributed by atoms with Crippen LogP contribution in [-0.4, -0.2) is 26.4 Å². The van der Waals surface area contributed by atoms with E-state index in [0.29, 0.717) is 5.82 Å². The van der Waals surface area contributed by atoms with Crippen molar-refractivity contribution in [2.75, 3.05) is 6.54 Å². The fourth-order valence-corrected chi connectivity index (χ4v) is 3.50. The fourth-order valence-electron chi connectivity index (χ4n) is 3.50. The first-order chi connectivity index (χ1) is 12.3. The molecule has 1 atom stereocenters. The quantitative estimate of drug-likeness (QED) is 0.752. The number of nitrogens with one attached hydrogen (secondary N) is 1. The molecule has 0 amide bonds. The van der Waals surface area contributed by atoms with E-state index < -0.39 is 0 Å². The van der Waals surface area contributed by atoms with E-state index >= 15 is 0 Å². The van der Waals surface area contributed by atoms with E-state index in [1.807, 2.05) is 24.3 Å². The van der Waals surface area contributed by atoms with Gasteiger partial charge in [0.15, 0.2) is 5.82 Å². The van der Waals surface area contributed by atoms with Gasteiger partial charge in [0.25, 0.3) is 0 Å². The molecule has 1 aliphatic rings. The lowest BCUT2D eigenvalue weighted by molar-refractivity contribution is 0.401. The molecule has 2 aromatic heterocycles. The van der Waals surface area contributed by atoms with Gasteiger partial charge in [-0.3, -0.25) is 0 Å². The first-order valence-corrected chi connectivity index (χ1v) is 8.82. The second-order valence-electron chi connectivity index (χ2n) is 6.42. The summed E-state index contributed by atoms with van der Waals surface area (Å²) >= 11 is 0. The fraction of sp³-hybridized carbons (Fsp3) is 0.300. The van der Waals surface area contributed by atoms with Crippen LogP contribution in [-0.2, 0) is 12.8 Å². The Balaban J connectivity index is 1.52. The molecule has 0 aliphatic heterocycles. The van der Waals surface area contributed by atoms with Crippen molar-refractivity contribution in [1.82, 2.24) is 20.1 Å². The highest BCUT2D eigenvalue weighted by Crippen LogP contribution is 2.36. The van der Waals surface area contributed by atoms with Crippen LogP contribution in [0, 0.1) is 0 Å². The summed E-state index contributed by atoms with van der Waals surface area (Å²) in [5.41, 5.74) is 3.23. The third-order valence-corrected chi connectivity index (χ3v) is 4.74. The van der Waals surface area contributed by atoms with Crippen LogP contribution in [0.15, 0.2) is 54.7 Å². The molecule has 0 fully saturated rings. The first kappa shape index (κ1) is 15.8. The predicted octanol–water partition coefficient (Wildman–Crippen LogP) is 3.18. The minimum atomic E-state index is 0.143. The maximum Gasteiger partial charge on any atom is 0.220 e. The predicted molar refractivity (Wildman–Crippen MR) is 96.9 cm³/mol. The van der Waals surface area contributed by atoms with Crippen LogP contribution in [0.1, 0.15) is 35.7 Å². The van der Waals surface area contributed by atoms with Crippen LogP contribution >= 0.6 is 0 Å². The molecule has 2 heterocycles. The summed E-state index contributed by atoms with van der Waals surface area (Å²) in [5, 5.41) is 18.9. The SMILES string of the molecule is Oc1c2c(nn1-c1ccccn1)CCCC2NCCc1ccccc1. The monoisotopic (exact) mass is 334 g/mol. The van der Waals surface area contributed by atoms with Crippen molar-refractivity contribution in [2.45, 2.75) is 31.7 Å². The Morgan fingerprint density at radius 2 is 1.96 bits per heavy atom. The molecule has 0 saturated heterocycles. The lowest BCUT2D eigenvalue weighted by Gasteiger charge is -2.23. The molecule has 128 valence electrons. The Hall–Kier alpha value is -2.66. The number of nitrogens with zero attached hydrogens (tertiary/aromatic N) is 3. The number of benzene rings is 1. The van der Waals surface area contributed by atoms with Crippen molar-refractivity contribution in [3.8, 4) is 11.7 Å². The van der Waals surface area contributed by atoms with Gasteiger partial charge in [0.2, 0.25) is 5.88 Å². The summed E-state index contributed by atoms with van der Waals surface area (Å²) in [4.78, 5) is 4.30. The van der Waals surface area contributed by atoms with Crippen molar-refractivity contribution in [1.29, 1.82) is 0 Å². The highest BCUT2D eigenvalue weighted by molar-refractivity contribution is 5.40. The molecule has 0 radical (unpaired) electrons. The molecule has 5 nitrogen and oxygen atoms in total. The van der Waals surface area contributed by atoms with Gasteiger partial charge in [-0.25, -0.2) is 4.98 Å². The minimum Gasteiger partial charge on any atom is -0.493 e. The Morgan fingerprint density at radius 3 is 2.76 bits per heavy atom. The number of aromatic hydroxyl groups is 1. The maximum absolute atomic E-state index is 10.7. The normalized spacial score (nSPS) is 16.6. The molecule has 0 saturated carbocycles. The van der Waals surface area contributed by atoms with Crippen LogP contribution in [0.2, 0.25) is 0 Å². The van der Waals surface area contributed by atoms with Crippen molar-refractivity contribution >= 4 is 0 Å². The minimum absolute atomic E-state index is 0.143. The zero-order valence-corrected chi connectivity index (χ0v) is 14.1. The van der Waals surface area contributed by atoms with Gasteiger partial charge in [-0.2, -0.15) is 9.78 Å². The van der Waals surface area contributed by atoms with Gasteiger partial charge in [0, 0.05) is 12.2 Å². The van der Waals surface area contributed by atoms with Crippen LogP contribution in [0.25, 0.3) is 5.82 Å². The van der Waals surface area contributed by atoms with Gasteiger partial charge in [-0.1, -0.05) is 36.4 Å². The highest BCUT2D eigenvalue weighted by Gasteiger charge is 2.28. The molecular weight excluding hydrogens is 312 g/mol. The number of rotatable bonds is 5. The summed E-state index contributed by atoms with van der Waals surface area (Å²) in [6.07, 6.45) is 5.68. The van der Waals surface area contributed by atoms with E-state index in [2.05, 4.69) is 39.7 Å². The van der Waals surface area contributed by atoms with Crippen molar-refractivity contribution in [3.05, 3.63) is 71.5 Å². The highest BCUT2D eigenvalue weighted by atomic mass is 16.3. The zero-order chi connectivity index (χ0) is 17.1. The van der Waals surface area contributed by atoms with Gasteiger partial charge in [0.05, 0.1) is 11.3 Å². The maximum atomic E-state index is 10.7. The number of hydrogen-bond acceptors (Lipinski definition) is 4. The molecule has 1 aromatic carbocycles. The summed E-state index contributed by atoms with van der Waals surface area (Å²) in [5.74, 6) is 0.864. The average molecular weight is 334 g/mol. The van der Waals surface area contributed by atoms with Crippen molar-refractivity contribution < 1.29 is 5.11 Å². The van der Waals surface area contributed by atoms with Crippen LogP contribution in [0.5, 0.6) is 5.88 Å². The summed E-state index contributed by atoms with van der Waals surface area (Å²) in [7, 11) is 0. The average Bonchev–Trinajstić information content (AvgIpc) is 3.01. The summed E-state index contributed by atoms with van der Waals surface area (Å²) in [6, 6.07) is 16.2. The topological polar surface area (TPSA) is 63.0 Å². The third-order valence-electron chi connectivity index (χ3n) is 4.74. The summed E-state index contributed by atoms with van der Waals surface area (Å²) < 4.78 is 1.56. The molecule has 25 heavy (non-hydrogen) atoms. The molecule has 0 spiro atoms. The van der Waals surface area contributed by atoms with E-state index in [1.54, 1.807) is 10.9 Å². The molecule has 5 heteroatoms. The van der Waals surface area contributed by atoms with Crippen molar-refractivity contribution in [3.63, 3.8) is 0 Å². The lowest BCUT2D eigenvalue weighted by atomic mass is 9.92. The standard InChI is InChI=1S/C20H22N4O/c25-20-19-16(21-14-12-15-7-2-1-3-8-15)9-6-10-17(19)23-24(20)18-11-4-5-13-22-18/h1-5,7-8,11,13,16,21,25H,6,9-10,12,14H2. The largest absolute Gasteiger partial charge is 0.493 e. The van der Waals surface area contributed by atoms with Gasteiger partial charge >= 0.3 is 0 Å². The Labute approximate surface area is 147 Å². The van der Waals surface area contributed by atoms with Crippen LogP contribution in [0.3, 0.4) is 0 Å². The van der Waals surface area contributed by atoms with Gasteiger partial charge < -0.3 is 10.4 Å². The Bertz CT molecular complexity index is 830. The molecule has 2 N–H and O–H groups in total. The van der Waals surface area contributed by atoms with E-state index in [9.17, 15) is 5.11 Å². The number of aryl methyl sites for hydroxylation is 1. The van der Waals surface area contributed by atoms with Crippen LogP contribution in [0.4, 0.5) is 0 Å². The van der Waals surface area contributed by atoms with Gasteiger partial charge in [-0.15, -0.1) is 0 Å². The van der Waals surface area contributed by atoms with E-state index in [0.717, 1.165) is 43.5 Å². The molecular formula is C20H22N4O. The van der Waals surface area contributed by atoms with E-state index in [4.69, 9.17) is 0 Å². The van der Waals surface area contributed by atoms with Gasteiger partial charge in [0.1, 0.15) is 0 Å². The number of hydrogen-bond donors (Lipinski definition) is 2. The molecule has 3 aromatic rings. The molecule has 1 aliphatic carbocycles. The number of pyridine rings is 1. The summed E-state index contributed by atoms with van der Waals surface area (Å²) in [6.45, 7) is 0.877. The third kappa shape index (κ3) is 3.28. The molecule has 0 bridgehead atoms. The first-order valence-electron chi connectivity index (χ1n) is 8.82. The van der Waals surface area contributed by atoms with Crippen LogP contribution < -0.4 is 5.32 Å². The Morgan fingerprint density at radius 1 is 1.12 bits per heavy atom. The number of fused-ring (bicyclic) bond motifs is 1. The van der Waals surface area contributed by atoms with E-state index in [-0.39, 0.29) is 11.9 Å². The second-order valence-corrected chi connectivity index (χ2v) is 6.42. The smallest absolute Gasteiger partial charge is 0.220 e. The zero-order valence-electron chi connectivity index (χ0n) is 14.1. The molecule has 4 rings (SSSR count). The van der Waals surface area contributed by atoms with Gasteiger partial charge in [-0.05, 0) is 49.9 Å². The molecule has 1 unspecified atom stereocenters.